The number of amides is 2. The van der Waals surface area contributed by atoms with Gasteiger partial charge in [0.15, 0.2) is 0 Å². The molecule has 3 aromatic rings. The second-order valence-electron chi connectivity index (χ2n) is 9.61. The number of carbonyl (C=O) groups excluding carboxylic acids is 2. The van der Waals surface area contributed by atoms with Crippen molar-refractivity contribution in [3.05, 3.63) is 101 Å². The van der Waals surface area contributed by atoms with Crippen LogP contribution in [0.4, 0.5) is 5.69 Å². The van der Waals surface area contributed by atoms with Gasteiger partial charge in [-0.05, 0) is 49.1 Å². The van der Waals surface area contributed by atoms with Crippen molar-refractivity contribution in [2.24, 2.45) is 0 Å². The number of hydrogen-bond acceptors (Lipinski definition) is 4. The molecule has 0 aromatic heterocycles. The van der Waals surface area contributed by atoms with E-state index in [0.29, 0.717) is 18.5 Å². The van der Waals surface area contributed by atoms with Crippen LogP contribution in [-0.4, -0.2) is 51.0 Å². The molecular formula is C30H37N3O4S. The molecule has 0 aliphatic heterocycles. The summed E-state index contributed by atoms with van der Waals surface area (Å²) in [6, 6.07) is 24.1. The van der Waals surface area contributed by atoms with Crippen molar-refractivity contribution >= 4 is 27.5 Å². The SMILES string of the molecule is CNC(=O)[C@H](Cc1ccccc1)N(Cc1cccc(C)c1)C(=O)CCCN(c1cccc(C)c1)S(C)(=O)=O. The molecule has 0 fully saturated rings. The Morgan fingerprint density at radius 2 is 1.50 bits per heavy atom. The van der Waals surface area contributed by atoms with Crippen molar-refractivity contribution in [2.45, 2.75) is 45.7 Å². The summed E-state index contributed by atoms with van der Waals surface area (Å²) in [7, 11) is -1.97. The molecule has 0 aliphatic rings. The van der Waals surface area contributed by atoms with Crippen molar-refractivity contribution in [2.75, 3.05) is 24.2 Å². The Labute approximate surface area is 226 Å². The smallest absolute Gasteiger partial charge is 0.242 e. The van der Waals surface area contributed by atoms with Gasteiger partial charge < -0.3 is 10.2 Å². The first-order valence-corrected chi connectivity index (χ1v) is 14.6. The molecule has 0 heterocycles. The van der Waals surface area contributed by atoms with Crippen molar-refractivity contribution in [1.29, 1.82) is 0 Å². The number of carbonyl (C=O) groups is 2. The van der Waals surface area contributed by atoms with E-state index in [1.807, 2.05) is 86.6 Å². The average molecular weight is 536 g/mol. The van der Waals surface area contributed by atoms with E-state index in [0.717, 1.165) is 22.3 Å². The number of benzene rings is 3. The van der Waals surface area contributed by atoms with Gasteiger partial charge in [-0.1, -0.05) is 72.3 Å². The van der Waals surface area contributed by atoms with Gasteiger partial charge in [0.25, 0.3) is 0 Å². The second kappa shape index (κ2) is 13.2. The number of sulfonamides is 1. The largest absolute Gasteiger partial charge is 0.357 e. The summed E-state index contributed by atoms with van der Waals surface area (Å²) in [5.74, 6) is -0.443. The lowest BCUT2D eigenvalue weighted by molar-refractivity contribution is -0.141. The summed E-state index contributed by atoms with van der Waals surface area (Å²) in [4.78, 5) is 28.4. The fourth-order valence-corrected chi connectivity index (χ4v) is 5.47. The van der Waals surface area contributed by atoms with Gasteiger partial charge in [0.05, 0.1) is 11.9 Å². The zero-order valence-corrected chi connectivity index (χ0v) is 23.4. The summed E-state index contributed by atoms with van der Waals surface area (Å²) in [6.45, 7) is 4.33. The Morgan fingerprint density at radius 3 is 2.11 bits per heavy atom. The number of rotatable bonds is 12. The van der Waals surface area contributed by atoms with Crippen LogP contribution in [0.15, 0.2) is 78.9 Å². The molecule has 1 N–H and O–H groups in total. The first-order chi connectivity index (χ1) is 18.1. The van der Waals surface area contributed by atoms with Gasteiger partial charge in [0, 0.05) is 33.0 Å². The number of nitrogens with zero attached hydrogens (tertiary/aromatic N) is 2. The predicted molar refractivity (Wildman–Crippen MR) is 152 cm³/mol. The third-order valence-corrected chi connectivity index (χ3v) is 7.59. The van der Waals surface area contributed by atoms with Crippen molar-refractivity contribution in [3.63, 3.8) is 0 Å². The van der Waals surface area contributed by atoms with E-state index in [9.17, 15) is 18.0 Å². The summed E-state index contributed by atoms with van der Waals surface area (Å²) in [5.41, 5.74) is 4.47. The van der Waals surface area contributed by atoms with Crippen LogP contribution in [0.3, 0.4) is 0 Å². The molecule has 0 radical (unpaired) electrons. The highest BCUT2D eigenvalue weighted by Crippen LogP contribution is 2.21. The summed E-state index contributed by atoms with van der Waals surface area (Å²) in [6.07, 6.45) is 1.96. The van der Waals surface area contributed by atoms with Crippen LogP contribution in [0.25, 0.3) is 0 Å². The molecule has 0 saturated carbocycles. The van der Waals surface area contributed by atoms with E-state index in [1.54, 1.807) is 18.0 Å². The van der Waals surface area contributed by atoms with Gasteiger partial charge in [-0.3, -0.25) is 13.9 Å². The van der Waals surface area contributed by atoms with Gasteiger partial charge in [-0.2, -0.15) is 0 Å². The summed E-state index contributed by atoms with van der Waals surface area (Å²) < 4.78 is 26.4. The fraction of sp³-hybridized carbons (Fsp3) is 0.333. The van der Waals surface area contributed by atoms with Gasteiger partial charge in [-0.25, -0.2) is 8.42 Å². The molecular weight excluding hydrogens is 498 g/mol. The first-order valence-electron chi connectivity index (χ1n) is 12.7. The van der Waals surface area contributed by atoms with Crippen LogP contribution in [0.1, 0.15) is 35.1 Å². The summed E-state index contributed by atoms with van der Waals surface area (Å²) >= 11 is 0. The standard InChI is InChI=1S/C30H37N3O4S/c1-23-11-8-15-26(19-23)22-32(28(30(35)31-3)21-25-13-6-5-7-14-25)29(34)17-10-18-33(38(4,36)37)27-16-9-12-24(2)20-27/h5-9,11-16,19-20,28H,10,17-18,21-22H2,1-4H3,(H,31,35)/t28-/m0/s1. The Balaban J connectivity index is 1.84. The van der Waals surface area contributed by atoms with Gasteiger partial charge in [0.1, 0.15) is 6.04 Å². The van der Waals surface area contributed by atoms with E-state index in [2.05, 4.69) is 5.32 Å². The molecule has 0 saturated heterocycles. The molecule has 0 spiro atoms. The minimum atomic E-state index is -3.54. The van der Waals surface area contributed by atoms with E-state index in [-0.39, 0.29) is 31.3 Å². The monoisotopic (exact) mass is 535 g/mol. The van der Waals surface area contributed by atoms with Crippen LogP contribution in [0, 0.1) is 13.8 Å². The highest BCUT2D eigenvalue weighted by molar-refractivity contribution is 7.92. The van der Waals surface area contributed by atoms with Gasteiger partial charge >= 0.3 is 0 Å². The second-order valence-corrected chi connectivity index (χ2v) is 11.5. The van der Waals surface area contributed by atoms with Crippen LogP contribution < -0.4 is 9.62 Å². The highest BCUT2D eigenvalue weighted by atomic mass is 32.2. The Hall–Kier alpha value is -3.65. The third kappa shape index (κ3) is 8.18. The van der Waals surface area contributed by atoms with Crippen LogP contribution in [-0.2, 0) is 32.6 Å². The number of nitrogens with one attached hydrogen (secondary N) is 1. The van der Waals surface area contributed by atoms with E-state index < -0.39 is 16.1 Å². The van der Waals surface area contributed by atoms with Crippen LogP contribution >= 0.6 is 0 Å². The maximum atomic E-state index is 13.7. The highest BCUT2D eigenvalue weighted by Gasteiger charge is 2.30. The normalized spacial score (nSPS) is 12.0. The molecule has 0 unspecified atom stereocenters. The lowest BCUT2D eigenvalue weighted by atomic mass is 10.0. The predicted octanol–water partition coefficient (Wildman–Crippen LogP) is 4.24. The number of aryl methyl sites for hydroxylation is 2. The zero-order valence-electron chi connectivity index (χ0n) is 22.6. The molecule has 7 nitrogen and oxygen atoms in total. The molecule has 0 aliphatic carbocycles. The molecule has 1 atom stereocenters. The molecule has 0 bridgehead atoms. The average Bonchev–Trinajstić information content (AvgIpc) is 2.88. The number of anilines is 1. The molecule has 3 rings (SSSR count). The molecule has 3 aromatic carbocycles. The molecule has 8 heteroatoms. The quantitative estimate of drug-likeness (QED) is 0.376. The van der Waals surface area contributed by atoms with Crippen molar-refractivity contribution < 1.29 is 18.0 Å². The lowest BCUT2D eigenvalue weighted by Crippen LogP contribution is -2.49. The van der Waals surface area contributed by atoms with Crippen LogP contribution in [0.2, 0.25) is 0 Å². The fourth-order valence-electron chi connectivity index (χ4n) is 4.51. The van der Waals surface area contributed by atoms with Crippen LogP contribution in [0.5, 0.6) is 0 Å². The van der Waals surface area contributed by atoms with Gasteiger partial charge in [-0.15, -0.1) is 0 Å². The van der Waals surface area contributed by atoms with E-state index >= 15 is 0 Å². The first kappa shape index (κ1) is 28.9. The van der Waals surface area contributed by atoms with Gasteiger partial charge in [0.2, 0.25) is 21.8 Å². The minimum absolute atomic E-state index is 0.103. The Kier molecular flexibility index (Phi) is 10.1. The maximum absolute atomic E-state index is 13.7. The Morgan fingerprint density at radius 1 is 0.868 bits per heavy atom. The van der Waals surface area contributed by atoms with Crippen molar-refractivity contribution in [3.8, 4) is 0 Å². The molecule has 2 amide bonds. The maximum Gasteiger partial charge on any atom is 0.242 e. The molecule has 202 valence electrons. The lowest BCUT2D eigenvalue weighted by Gasteiger charge is -2.31. The topological polar surface area (TPSA) is 86.8 Å². The third-order valence-electron chi connectivity index (χ3n) is 6.39. The minimum Gasteiger partial charge on any atom is -0.357 e. The van der Waals surface area contributed by atoms with Crippen molar-refractivity contribution in [1.82, 2.24) is 10.2 Å². The van der Waals surface area contributed by atoms with E-state index in [4.69, 9.17) is 0 Å². The zero-order chi connectivity index (χ0) is 27.7. The van der Waals surface area contributed by atoms with E-state index in [1.165, 1.54) is 10.6 Å². The summed E-state index contributed by atoms with van der Waals surface area (Å²) in [5, 5.41) is 2.72. The molecule has 38 heavy (non-hydrogen) atoms. The Bertz CT molecular complexity index is 1340. The number of likely N-dealkylation sites (N-methyl/N-ethyl adjacent to an activating group) is 1. The number of hydrogen-bond donors (Lipinski definition) is 1.